The summed E-state index contributed by atoms with van der Waals surface area (Å²) >= 11 is 0. The molecule has 0 radical (unpaired) electrons. The number of hydrogen-bond acceptors (Lipinski definition) is 5. The normalized spacial score (nSPS) is 15.3. The van der Waals surface area contributed by atoms with Gasteiger partial charge in [0.05, 0.1) is 6.54 Å². The second kappa shape index (κ2) is 6.79. The Morgan fingerprint density at radius 3 is 2.62 bits per heavy atom. The fraction of sp³-hybridized carbons (Fsp3) is 0.857. The summed E-state index contributed by atoms with van der Waals surface area (Å²) in [6.45, 7) is 2.46. The van der Waals surface area contributed by atoms with Gasteiger partial charge < -0.3 is 21.3 Å². The molecule has 6 heteroatoms. The van der Waals surface area contributed by atoms with Crippen molar-refractivity contribution in [2.45, 2.75) is 19.2 Å². The van der Waals surface area contributed by atoms with Crippen molar-refractivity contribution in [3.05, 3.63) is 0 Å². The third kappa shape index (κ3) is 9.22. The number of carboxylic acids is 1. The van der Waals surface area contributed by atoms with Crippen LogP contribution in [0.3, 0.4) is 0 Å². The number of hydrogen-bond donors (Lipinski definition) is 5. The minimum atomic E-state index is -0.994. The number of aliphatic carboxylic acids is 1. The molecule has 0 bridgehead atoms. The number of rotatable bonds is 7. The number of aliphatic hydroxyl groups is 1. The first-order chi connectivity index (χ1) is 6.02. The predicted molar refractivity (Wildman–Crippen MR) is 48.2 cm³/mol. The van der Waals surface area contributed by atoms with E-state index < -0.39 is 12.2 Å². The highest BCUT2D eigenvalue weighted by molar-refractivity contribution is 5.69. The summed E-state index contributed by atoms with van der Waals surface area (Å²) < 4.78 is 0. The maximum atomic E-state index is 10.1. The summed E-state index contributed by atoms with van der Waals surface area (Å²) in [7, 11) is 0. The monoisotopic (exact) mass is 191 g/mol. The van der Waals surface area contributed by atoms with Gasteiger partial charge in [-0.2, -0.15) is 0 Å². The molecule has 2 atom stereocenters. The van der Waals surface area contributed by atoms with Gasteiger partial charge in [0.15, 0.2) is 0 Å². The summed E-state index contributed by atoms with van der Waals surface area (Å²) in [6.07, 6.45) is -0.852. The van der Waals surface area contributed by atoms with E-state index in [2.05, 4.69) is 10.6 Å². The molecule has 6 N–H and O–H groups in total. The molecule has 0 aromatic heterocycles. The first-order valence-electron chi connectivity index (χ1n) is 4.12. The topological polar surface area (TPSA) is 108 Å². The van der Waals surface area contributed by atoms with E-state index in [4.69, 9.17) is 15.9 Å². The van der Waals surface area contributed by atoms with Gasteiger partial charge in [0.2, 0.25) is 0 Å². The fourth-order valence-corrected chi connectivity index (χ4v) is 0.725. The molecule has 0 aliphatic heterocycles. The zero-order valence-electron chi connectivity index (χ0n) is 7.66. The Labute approximate surface area is 77.1 Å². The van der Waals surface area contributed by atoms with Gasteiger partial charge in [0.25, 0.3) is 0 Å². The van der Waals surface area contributed by atoms with Gasteiger partial charge in [-0.3, -0.25) is 10.1 Å². The largest absolute Gasteiger partial charge is 0.480 e. The smallest absolute Gasteiger partial charge is 0.317 e. The molecular weight excluding hydrogens is 174 g/mol. The molecule has 0 rings (SSSR count). The van der Waals surface area contributed by atoms with E-state index in [1.54, 1.807) is 0 Å². The molecule has 0 saturated heterocycles. The minimum absolute atomic E-state index is 0.0201. The van der Waals surface area contributed by atoms with Gasteiger partial charge in [-0.05, 0) is 6.92 Å². The van der Waals surface area contributed by atoms with E-state index in [9.17, 15) is 4.79 Å². The molecule has 78 valence electrons. The Kier molecular flexibility index (Phi) is 6.43. The van der Waals surface area contributed by atoms with Crippen molar-refractivity contribution in [2.75, 3.05) is 19.6 Å². The first kappa shape index (κ1) is 12.3. The van der Waals surface area contributed by atoms with Crippen molar-refractivity contribution < 1.29 is 15.0 Å². The van der Waals surface area contributed by atoms with Crippen LogP contribution in [0, 0.1) is 0 Å². The summed E-state index contributed by atoms with van der Waals surface area (Å²) in [5, 5.41) is 22.7. The number of nitrogens with two attached hydrogens (primary N) is 1. The van der Waals surface area contributed by atoms with Crippen molar-refractivity contribution in [1.29, 1.82) is 0 Å². The van der Waals surface area contributed by atoms with Crippen molar-refractivity contribution >= 4 is 5.97 Å². The lowest BCUT2D eigenvalue weighted by Gasteiger charge is -2.13. The predicted octanol–water partition coefficient (Wildman–Crippen LogP) is -2.08. The van der Waals surface area contributed by atoms with Gasteiger partial charge >= 0.3 is 5.97 Å². The van der Waals surface area contributed by atoms with Crippen LogP contribution in [0.5, 0.6) is 0 Å². The Hall–Kier alpha value is -0.690. The van der Waals surface area contributed by atoms with Crippen LogP contribution in [-0.4, -0.2) is 48.1 Å². The lowest BCUT2D eigenvalue weighted by Crippen LogP contribution is -2.43. The molecule has 0 aromatic rings. The molecule has 0 aromatic carbocycles. The second-order valence-electron chi connectivity index (χ2n) is 2.93. The van der Waals surface area contributed by atoms with E-state index in [-0.39, 0.29) is 19.1 Å². The SMILES string of the molecule is CC(N)CNCC(O)NCC(=O)O. The lowest BCUT2D eigenvalue weighted by molar-refractivity contribution is -0.136. The average molecular weight is 191 g/mol. The van der Waals surface area contributed by atoms with E-state index >= 15 is 0 Å². The van der Waals surface area contributed by atoms with Gasteiger partial charge in [0, 0.05) is 19.1 Å². The number of carbonyl (C=O) groups is 1. The first-order valence-corrected chi connectivity index (χ1v) is 4.12. The van der Waals surface area contributed by atoms with Crippen molar-refractivity contribution in [2.24, 2.45) is 5.73 Å². The molecule has 6 nitrogen and oxygen atoms in total. The van der Waals surface area contributed by atoms with Crippen LogP contribution in [0.4, 0.5) is 0 Å². The minimum Gasteiger partial charge on any atom is -0.480 e. The summed E-state index contributed by atoms with van der Waals surface area (Å²) in [5.74, 6) is -0.994. The maximum absolute atomic E-state index is 10.1. The van der Waals surface area contributed by atoms with E-state index in [1.165, 1.54) is 0 Å². The van der Waals surface area contributed by atoms with Gasteiger partial charge in [-0.15, -0.1) is 0 Å². The molecule has 0 spiro atoms. The summed E-state index contributed by atoms with van der Waals surface area (Å²) in [4.78, 5) is 10.1. The highest BCUT2D eigenvalue weighted by Gasteiger charge is 2.04. The van der Waals surface area contributed by atoms with Gasteiger partial charge in [0.1, 0.15) is 6.23 Å². The molecule has 0 amide bonds. The number of aliphatic hydroxyl groups excluding tert-OH is 1. The van der Waals surface area contributed by atoms with E-state index in [0.29, 0.717) is 6.54 Å². The highest BCUT2D eigenvalue weighted by atomic mass is 16.4. The van der Waals surface area contributed by atoms with Crippen LogP contribution in [0.2, 0.25) is 0 Å². The van der Waals surface area contributed by atoms with Crippen molar-refractivity contribution in [3.63, 3.8) is 0 Å². The van der Waals surface area contributed by atoms with E-state index in [0.717, 1.165) is 0 Å². The zero-order chi connectivity index (χ0) is 10.3. The molecule has 0 fully saturated rings. The van der Waals surface area contributed by atoms with E-state index in [1.807, 2.05) is 6.92 Å². The van der Waals surface area contributed by atoms with Crippen molar-refractivity contribution in [3.8, 4) is 0 Å². The Morgan fingerprint density at radius 1 is 1.54 bits per heavy atom. The second-order valence-corrected chi connectivity index (χ2v) is 2.93. The van der Waals surface area contributed by atoms with Crippen LogP contribution in [0.25, 0.3) is 0 Å². The fourth-order valence-electron chi connectivity index (χ4n) is 0.725. The van der Waals surface area contributed by atoms with Crippen LogP contribution in [-0.2, 0) is 4.79 Å². The van der Waals surface area contributed by atoms with Crippen LogP contribution in [0.15, 0.2) is 0 Å². The van der Waals surface area contributed by atoms with Gasteiger partial charge in [-0.25, -0.2) is 0 Å². The Morgan fingerprint density at radius 2 is 2.15 bits per heavy atom. The number of nitrogens with one attached hydrogen (secondary N) is 2. The summed E-state index contributed by atoms with van der Waals surface area (Å²) in [6, 6.07) is 0.0201. The van der Waals surface area contributed by atoms with Crippen LogP contribution in [0.1, 0.15) is 6.92 Å². The average Bonchev–Trinajstić information content (AvgIpc) is 2.00. The third-order valence-corrected chi connectivity index (χ3v) is 1.29. The maximum Gasteiger partial charge on any atom is 0.317 e. The molecule has 13 heavy (non-hydrogen) atoms. The Bertz CT molecular complexity index is 152. The van der Waals surface area contributed by atoms with Gasteiger partial charge in [-0.1, -0.05) is 0 Å². The van der Waals surface area contributed by atoms with Crippen molar-refractivity contribution in [1.82, 2.24) is 10.6 Å². The lowest BCUT2D eigenvalue weighted by atomic mass is 10.3. The van der Waals surface area contributed by atoms with Crippen LogP contribution >= 0.6 is 0 Å². The molecule has 0 aliphatic carbocycles. The molecule has 0 aliphatic rings. The van der Waals surface area contributed by atoms with Crippen LogP contribution < -0.4 is 16.4 Å². The standard InChI is InChI=1S/C7H17N3O3/c1-5(8)2-9-3-6(11)10-4-7(12)13/h5-6,9-11H,2-4,8H2,1H3,(H,12,13). The molecule has 0 heterocycles. The molecule has 2 unspecified atom stereocenters. The Balaban J connectivity index is 3.30. The highest BCUT2D eigenvalue weighted by Crippen LogP contribution is 1.75. The quantitative estimate of drug-likeness (QED) is 0.295. The zero-order valence-corrected chi connectivity index (χ0v) is 7.66. The molecular formula is C7H17N3O3. The summed E-state index contributed by atoms with van der Waals surface area (Å²) in [5.41, 5.74) is 5.44. The third-order valence-electron chi connectivity index (χ3n) is 1.29. The molecule has 0 saturated carbocycles. The number of carboxylic acid groups (broad SMARTS) is 1.